The second-order valence-corrected chi connectivity index (χ2v) is 7.22. The van der Waals surface area contributed by atoms with Crippen molar-refractivity contribution in [1.82, 2.24) is 5.32 Å². The summed E-state index contributed by atoms with van der Waals surface area (Å²) in [7, 11) is 3.23. The molecule has 0 saturated carbocycles. The Hall–Kier alpha value is -2.14. The molecule has 4 nitrogen and oxygen atoms in total. The molecule has 0 aliphatic rings. The topological polar surface area (TPSA) is 47.6 Å². The number of methoxy groups -OCH3 is 2. The maximum atomic E-state index is 12.3. The molecule has 1 N–H and O–H groups in total. The molecule has 1 atom stereocenters. The second-order valence-electron chi connectivity index (χ2n) is 6.05. The first-order chi connectivity index (χ1) is 12.6. The summed E-state index contributed by atoms with van der Waals surface area (Å²) < 4.78 is 10.6. The molecule has 0 bridgehead atoms. The van der Waals surface area contributed by atoms with Crippen molar-refractivity contribution in [1.29, 1.82) is 0 Å². The van der Waals surface area contributed by atoms with Crippen LogP contribution in [0.25, 0.3) is 0 Å². The molecule has 0 aromatic heterocycles. The average Bonchev–Trinajstić information content (AvgIpc) is 2.67. The third kappa shape index (κ3) is 5.70. The summed E-state index contributed by atoms with van der Waals surface area (Å²) in [5.41, 5.74) is 2.26. The molecule has 1 unspecified atom stereocenters. The van der Waals surface area contributed by atoms with Crippen LogP contribution in [0, 0.1) is 6.92 Å². The van der Waals surface area contributed by atoms with Crippen molar-refractivity contribution < 1.29 is 14.3 Å². The number of rotatable bonds is 9. The minimum atomic E-state index is -0.0355. The van der Waals surface area contributed by atoms with Gasteiger partial charge in [0.05, 0.1) is 20.3 Å². The van der Waals surface area contributed by atoms with Gasteiger partial charge in [0.25, 0.3) is 0 Å². The second kappa shape index (κ2) is 10.1. The van der Waals surface area contributed by atoms with Gasteiger partial charge in [-0.2, -0.15) is 0 Å². The molecule has 2 rings (SSSR count). The van der Waals surface area contributed by atoms with E-state index in [2.05, 4.69) is 43.4 Å². The molecule has 0 radical (unpaired) electrons. The van der Waals surface area contributed by atoms with Crippen molar-refractivity contribution in [2.24, 2.45) is 0 Å². The minimum Gasteiger partial charge on any atom is -0.493 e. The highest BCUT2D eigenvalue weighted by Crippen LogP contribution is 2.31. The fourth-order valence-electron chi connectivity index (χ4n) is 2.65. The van der Waals surface area contributed by atoms with E-state index in [0.29, 0.717) is 17.9 Å². The number of aryl methyl sites for hydroxylation is 1. The van der Waals surface area contributed by atoms with Gasteiger partial charge in [0, 0.05) is 17.1 Å². The quantitative estimate of drug-likeness (QED) is 0.644. The number of carbonyl (C=O) groups is 1. The van der Waals surface area contributed by atoms with Crippen molar-refractivity contribution in [2.75, 3.05) is 20.0 Å². The number of amides is 1. The number of nitrogens with one attached hydrogen (secondary N) is 1. The number of ether oxygens (including phenoxy) is 2. The zero-order chi connectivity index (χ0) is 18.9. The van der Waals surface area contributed by atoms with Gasteiger partial charge in [-0.05, 0) is 43.2 Å². The Morgan fingerprint density at radius 3 is 2.38 bits per heavy atom. The van der Waals surface area contributed by atoms with Crippen molar-refractivity contribution in [3.8, 4) is 11.5 Å². The highest BCUT2D eigenvalue weighted by atomic mass is 32.2. The van der Waals surface area contributed by atoms with E-state index in [1.807, 2.05) is 18.2 Å². The highest BCUT2D eigenvalue weighted by molar-refractivity contribution is 7.99. The Labute approximate surface area is 160 Å². The molecule has 0 saturated heterocycles. The van der Waals surface area contributed by atoms with Crippen LogP contribution < -0.4 is 14.8 Å². The lowest BCUT2D eigenvalue weighted by Crippen LogP contribution is -2.28. The molecule has 0 fully saturated rings. The third-order valence-corrected chi connectivity index (χ3v) is 5.19. The molecular weight excluding hydrogens is 346 g/mol. The summed E-state index contributed by atoms with van der Waals surface area (Å²) in [5, 5.41) is 3.12. The van der Waals surface area contributed by atoms with Crippen LogP contribution in [0.4, 0.5) is 0 Å². The van der Waals surface area contributed by atoms with E-state index in [1.165, 1.54) is 10.5 Å². The van der Waals surface area contributed by atoms with Crippen molar-refractivity contribution >= 4 is 17.7 Å². The first-order valence-corrected chi connectivity index (χ1v) is 9.76. The van der Waals surface area contributed by atoms with Crippen LogP contribution in [0.2, 0.25) is 0 Å². The van der Waals surface area contributed by atoms with Crippen LogP contribution in [-0.4, -0.2) is 25.9 Å². The Balaban J connectivity index is 1.90. The van der Waals surface area contributed by atoms with Gasteiger partial charge in [0.15, 0.2) is 11.5 Å². The molecule has 1 amide bonds. The van der Waals surface area contributed by atoms with E-state index in [0.717, 1.165) is 17.7 Å². The van der Waals surface area contributed by atoms with E-state index in [1.54, 1.807) is 26.0 Å². The average molecular weight is 374 g/mol. The lowest BCUT2D eigenvalue weighted by molar-refractivity contribution is -0.121. The minimum absolute atomic E-state index is 0.0355. The summed E-state index contributed by atoms with van der Waals surface area (Å²) >= 11 is 1.70. The summed E-state index contributed by atoms with van der Waals surface area (Å²) in [6.45, 7) is 4.13. The van der Waals surface area contributed by atoms with Crippen molar-refractivity contribution in [3.63, 3.8) is 0 Å². The van der Waals surface area contributed by atoms with Gasteiger partial charge in [-0.1, -0.05) is 30.7 Å². The van der Waals surface area contributed by atoms with Crippen LogP contribution in [-0.2, 0) is 4.79 Å². The van der Waals surface area contributed by atoms with Crippen LogP contribution in [0.15, 0.2) is 47.4 Å². The third-order valence-electron chi connectivity index (χ3n) is 4.17. The molecule has 0 spiro atoms. The lowest BCUT2D eigenvalue weighted by Gasteiger charge is -2.19. The zero-order valence-electron chi connectivity index (χ0n) is 15.9. The Kier molecular flexibility index (Phi) is 7.85. The van der Waals surface area contributed by atoms with Crippen LogP contribution in [0.5, 0.6) is 11.5 Å². The largest absolute Gasteiger partial charge is 0.493 e. The predicted molar refractivity (Wildman–Crippen MR) is 107 cm³/mol. The summed E-state index contributed by atoms with van der Waals surface area (Å²) in [6, 6.07) is 14.1. The summed E-state index contributed by atoms with van der Waals surface area (Å²) in [5.74, 6) is 2.18. The fraction of sp³-hybridized carbons (Fsp3) is 0.381. The highest BCUT2D eigenvalue weighted by Gasteiger charge is 2.15. The van der Waals surface area contributed by atoms with Gasteiger partial charge in [-0.25, -0.2) is 0 Å². The van der Waals surface area contributed by atoms with Gasteiger partial charge in [0.2, 0.25) is 5.91 Å². The van der Waals surface area contributed by atoms with Crippen LogP contribution in [0.3, 0.4) is 0 Å². The standard InChI is InChI=1S/C21H27NO3S/c1-5-18(16-8-11-19(24-3)20(14-16)25-4)22-21(23)12-13-26-17-9-6-15(2)7-10-17/h6-11,14,18H,5,12-13H2,1-4H3,(H,22,23). The lowest BCUT2D eigenvalue weighted by atomic mass is 10.0. The SMILES string of the molecule is CCC(NC(=O)CCSc1ccc(C)cc1)c1ccc(OC)c(OC)c1. The first-order valence-electron chi connectivity index (χ1n) is 8.78. The van der Waals surface area contributed by atoms with E-state index >= 15 is 0 Å². The summed E-state index contributed by atoms with van der Waals surface area (Å²) in [6.07, 6.45) is 1.30. The van der Waals surface area contributed by atoms with Crippen LogP contribution >= 0.6 is 11.8 Å². The Morgan fingerprint density at radius 2 is 1.77 bits per heavy atom. The smallest absolute Gasteiger partial charge is 0.221 e. The molecule has 26 heavy (non-hydrogen) atoms. The van der Waals surface area contributed by atoms with E-state index in [9.17, 15) is 4.79 Å². The van der Waals surface area contributed by atoms with E-state index in [-0.39, 0.29) is 11.9 Å². The monoisotopic (exact) mass is 373 g/mol. The van der Waals surface area contributed by atoms with Crippen LogP contribution in [0.1, 0.15) is 36.9 Å². The molecule has 0 aliphatic heterocycles. The normalized spacial score (nSPS) is 11.7. The molecule has 5 heteroatoms. The number of thioether (sulfide) groups is 1. The van der Waals surface area contributed by atoms with Gasteiger partial charge < -0.3 is 14.8 Å². The fourth-order valence-corrected chi connectivity index (χ4v) is 3.50. The zero-order valence-corrected chi connectivity index (χ0v) is 16.7. The molecular formula is C21H27NO3S. The maximum Gasteiger partial charge on any atom is 0.221 e. The molecule has 2 aromatic rings. The molecule has 140 valence electrons. The molecule has 0 aliphatic carbocycles. The predicted octanol–water partition coefficient (Wildman–Crippen LogP) is 4.76. The van der Waals surface area contributed by atoms with Gasteiger partial charge in [-0.3, -0.25) is 4.79 Å². The van der Waals surface area contributed by atoms with Gasteiger partial charge >= 0.3 is 0 Å². The Morgan fingerprint density at radius 1 is 1.08 bits per heavy atom. The number of hydrogen-bond donors (Lipinski definition) is 1. The Bertz CT molecular complexity index is 716. The number of hydrogen-bond acceptors (Lipinski definition) is 4. The number of benzene rings is 2. The molecule has 0 heterocycles. The van der Waals surface area contributed by atoms with E-state index < -0.39 is 0 Å². The van der Waals surface area contributed by atoms with Gasteiger partial charge in [0.1, 0.15) is 0 Å². The van der Waals surface area contributed by atoms with E-state index in [4.69, 9.17) is 9.47 Å². The first kappa shape index (κ1) is 20.2. The van der Waals surface area contributed by atoms with Crippen molar-refractivity contribution in [3.05, 3.63) is 53.6 Å². The molecule has 2 aromatic carbocycles. The maximum absolute atomic E-state index is 12.3. The van der Waals surface area contributed by atoms with Gasteiger partial charge in [-0.15, -0.1) is 11.8 Å². The number of carbonyl (C=O) groups excluding carboxylic acids is 1. The van der Waals surface area contributed by atoms with Crippen molar-refractivity contribution in [2.45, 2.75) is 37.6 Å². The summed E-state index contributed by atoms with van der Waals surface area (Å²) in [4.78, 5) is 13.5.